The number of nitro benzene ring substituents is 1. The highest BCUT2D eigenvalue weighted by Gasteiger charge is 2.50. The Kier molecular flexibility index (Phi) is 6.30. The minimum Gasteiger partial charge on any atom is -0.341 e. The Morgan fingerprint density at radius 2 is 2.24 bits per heavy atom. The predicted molar refractivity (Wildman–Crippen MR) is 99.1 cm³/mol. The Bertz CT molecular complexity index is 671. The van der Waals surface area contributed by atoms with E-state index in [0.717, 1.165) is 32.4 Å². The van der Waals surface area contributed by atoms with Crippen molar-refractivity contribution in [3.05, 3.63) is 38.9 Å². The third kappa shape index (κ3) is 3.76. The summed E-state index contributed by atoms with van der Waals surface area (Å²) in [6, 6.07) is 4.35. The number of non-ortho nitro benzene ring substituents is 1. The summed E-state index contributed by atoms with van der Waals surface area (Å²) in [6.45, 7) is 1.91. The van der Waals surface area contributed by atoms with E-state index >= 15 is 0 Å². The van der Waals surface area contributed by atoms with Crippen molar-refractivity contribution in [2.75, 3.05) is 20.1 Å². The molecule has 8 heteroatoms. The number of nitro groups is 1. The van der Waals surface area contributed by atoms with Gasteiger partial charge in [-0.3, -0.25) is 14.9 Å². The van der Waals surface area contributed by atoms with Crippen molar-refractivity contribution >= 4 is 35.6 Å². The number of rotatable bonds is 4. The molecule has 25 heavy (non-hydrogen) atoms. The zero-order chi connectivity index (χ0) is 17.3. The van der Waals surface area contributed by atoms with Gasteiger partial charge < -0.3 is 10.2 Å². The van der Waals surface area contributed by atoms with Gasteiger partial charge in [0.05, 0.1) is 10.3 Å². The third-order valence-corrected chi connectivity index (χ3v) is 5.83. The first-order chi connectivity index (χ1) is 11.4. The summed E-state index contributed by atoms with van der Waals surface area (Å²) in [5.41, 5.74) is 0.281. The average molecular weight is 388 g/mol. The Labute approximate surface area is 158 Å². The van der Waals surface area contributed by atoms with Gasteiger partial charge in [0.25, 0.3) is 5.69 Å². The number of fused-ring (bicyclic) bond motifs is 1. The van der Waals surface area contributed by atoms with Crippen LogP contribution in [0.25, 0.3) is 0 Å². The van der Waals surface area contributed by atoms with Crippen molar-refractivity contribution in [3.8, 4) is 0 Å². The predicted octanol–water partition coefficient (Wildman–Crippen LogP) is 3.41. The van der Waals surface area contributed by atoms with Crippen LogP contribution in [0.1, 0.15) is 31.2 Å². The zero-order valence-electron chi connectivity index (χ0n) is 14.2. The van der Waals surface area contributed by atoms with Gasteiger partial charge in [-0.05, 0) is 36.9 Å². The SMILES string of the molecule is CN(Cc1cc([N+](=O)[O-])ccc1Cl)C(=O)[C@@]12CCCC[C@H]1CNC2.Cl. The van der Waals surface area contributed by atoms with E-state index in [1.165, 1.54) is 24.6 Å². The van der Waals surface area contributed by atoms with Gasteiger partial charge in [-0.2, -0.15) is 0 Å². The highest BCUT2D eigenvalue weighted by Crippen LogP contribution is 2.45. The molecule has 1 saturated carbocycles. The number of nitrogens with zero attached hydrogens (tertiary/aromatic N) is 2. The molecule has 1 amide bonds. The lowest BCUT2D eigenvalue weighted by atomic mass is 9.67. The van der Waals surface area contributed by atoms with Crippen LogP contribution in [0.5, 0.6) is 0 Å². The molecule has 1 saturated heterocycles. The molecule has 0 radical (unpaired) electrons. The number of benzene rings is 1. The molecule has 2 aliphatic rings. The second kappa shape index (κ2) is 7.89. The summed E-state index contributed by atoms with van der Waals surface area (Å²) in [6.07, 6.45) is 4.26. The fourth-order valence-electron chi connectivity index (χ4n) is 4.17. The van der Waals surface area contributed by atoms with Gasteiger partial charge in [0.15, 0.2) is 0 Å². The van der Waals surface area contributed by atoms with E-state index in [9.17, 15) is 14.9 Å². The van der Waals surface area contributed by atoms with Crippen molar-refractivity contribution in [1.29, 1.82) is 0 Å². The molecule has 138 valence electrons. The van der Waals surface area contributed by atoms with Gasteiger partial charge >= 0.3 is 0 Å². The first kappa shape index (κ1) is 19.9. The number of carbonyl (C=O) groups is 1. The first-order valence-electron chi connectivity index (χ1n) is 8.33. The Hall–Kier alpha value is -1.37. The summed E-state index contributed by atoms with van der Waals surface area (Å²) in [4.78, 5) is 25.3. The number of nitrogens with one attached hydrogen (secondary N) is 1. The van der Waals surface area contributed by atoms with Crippen LogP contribution < -0.4 is 5.32 Å². The van der Waals surface area contributed by atoms with Crippen molar-refractivity contribution in [2.24, 2.45) is 11.3 Å². The molecule has 0 bridgehead atoms. The second-order valence-corrected chi connectivity index (χ2v) is 7.33. The molecule has 1 aliphatic heterocycles. The highest BCUT2D eigenvalue weighted by molar-refractivity contribution is 6.31. The maximum atomic E-state index is 13.1. The minimum atomic E-state index is -0.446. The second-order valence-electron chi connectivity index (χ2n) is 6.92. The van der Waals surface area contributed by atoms with Crippen LogP contribution in [0.15, 0.2) is 18.2 Å². The van der Waals surface area contributed by atoms with E-state index in [2.05, 4.69) is 5.32 Å². The fraction of sp³-hybridized carbons (Fsp3) is 0.588. The number of hydrogen-bond acceptors (Lipinski definition) is 4. The van der Waals surface area contributed by atoms with Crippen LogP contribution in [0.3, 0.4) is 0 Å². The lowest BCUT2D eigenvalue weighted by Gasteiger charge is -2.39. The monoisotopic (exact) mass is 387 g/mol. The van der Waals surface area contributed by atoms with Gasteiger partial charge in [0.2, 0.25) is 5.91 Å². The number of carbonyl (C=O) groups excluding carboxylic acids is 1. The summed E-state index contributed by atoms with van der Waals surface area (Å²) in [5.74, 6) is 0.515. The summed E-state index contributed by atoms with van der Waals surface area (Å²) in [5, 5.41) is 14.8. The molecule has 0 unspecified atom stereocenters. The number of amides is 1. The molecule has 1 aromatic carbocycles. The highest BCUT2D eigenvalue weighted by atomic mass is 35.5. The number of hydrogen-bond donors (Lipinski definition) is 1. The summed E-state index contributed by atoms with van der Waals surface area (Å²) < 4.78 is 0. The van der Waals surface area contributed by atoms with Crippen molar-refractivity contribution in [3.63, 3.8) is 0 Å². The van der Waals surface area contributed by atoms with E-state index in [-0.39, 0.29) is 36.0 Å². The first-order valence-corrected chi connectivity index (χ1v) is 8.71. The van der Waals surface area contributed by atoms with Crippen LogP contribution in [-0.4, -0.2) is 35.9 Å². The van der Waals surface area contributed by atoms with E-state index < -0.39 is 4.92 Å². The molecule has 1 aliphatic carbocycles. The molecule has 2 atom stereocenters. The smallest absolute Gasteiger partial charge is 0.269 e. The van der Waals surface area contributed by atoms with Gasteiger partial charge in [-0.1, -0.05) is 24.4 Å². The van der Waals surface area contributed by atoms with Gasteiger partial charge in [-0.25, -0.2) is 0 Å². The van der Waals surface area contributed by atoms with Gasteiger partial charge in [0, 0.05) is 37.3 Å². The molecule has 1 N–H and O–H groups in total. The normalized spacial score (nSPS) is 25.0. The van der Waals surface area contributed by atoms with E-state index in [4.69, 9.17) is 11.6 Å². The Morgan fingerprint density at radius 1 is 1.48 bits per heavy atom. The standard InChI is InChI=1S/C17H22ClN3O3.ClH/c1-20(10-12-8-14(21(23)24)5-6-15(12)18)16(22)17-7-3-2-4-13(17)9-19-11-17;/h5-6,8,13,19H,2-4,7,9-11H2,1H3;1H/t13-,17+;/m0./s1. The zero-order valence-corrected chi connectivity index (χ0v) is 15.7. The lowest BCUT2D eigenvalue weighted by molar-refractivity contribution is -0.384. The van der Waals surface area contributed by atoms with E-state index in [1.807, 2.05) is 0 Å². The fourth-order valence-corrected chi connectivity index (χ4v) is 4.35. The van der Waals surface area contributed by atoms with Crippen molar-refractivity contribution in [2.45, 2.75) is 32.2 Å². The third-order valence-electron chi connectivity index (χ3n) is 5.46. The maximum Gasteiger partial charge on any atom is 0.269 e. The van der Waals surface area contributed by atoms with Crippen LogP contribution in [0.4, 0.5) is 5.69 Å². The minimum absolute atomic E-state index is 0. The van der Waals surface area contributed by atoms with E-state index in [1.54, 1.807) is 11.9 Å². The molecule has 1 heterocycles. The number of halogens is 2. The topological polar surface area (TPSA) is 75.5 Å². The molecule has 0 spiro atoms. The molecule has 1 aromatic rings. The van der Waals surface area contributed by atoms with Crippen LogP contribution >= 0.6 is 24.0 Å². The molecular formula is C17H23Cl2N3O3. The summed E-state index contributed by atoms with van der Waals surface area (Å²) >= 11 is 6.17. The molecule has 0 aromatic heterocycles. The van der Waals surface area contributed by atoms with Crippen LogP contribution in [0, 0.1) is 21.4 Å². The molecule has 2 fully saturated rings. The van der Waals surface area contributed by atoms with Gasteiger partial charge in [-0.15, -0.1) is 12.4 Å². The molecular weight excluding hydrogens is 365 g/mol. The average Bonchev–Trinajstić information content (AvgIpc) is 3.00. The lowest BCUT2D eigenvalue weighted by Crippen LogP contribution is -2.48. The quantitative estimate of drug-likeness (QED) is 0.634. The van der Waals surface area contributed by atoms with E-state index in [0.29, 0.717) is 16.5 Å². The molecule has 3 rings (SSSR count). The van der Waals surface area contributed by atoms with Crippen LogP contribution in [-0.2, 0) is 11.3 Å². The maximum absolute atomic E-state index is 13.1. The van der Waals surface area contributed by atoms with Gasteiger partial charge in [0.1, 0.15) is 0 Å². The van der Waals surface area contributed by atoms with Crippen molar-refractivity contribution < 1.29 is 9.72 Å². The largest absolute Gasteiger partial charge is 0.341 e. The molecule has 6 nitrogen and oxygen atoms in total. The van der Waals surface area contributed by atoms with Crippen LogP contribution in [0.2, 0.25) is 5.02 Å². The Morgan fingerprint density at radius 3 is 2.96 bits per heavy atom. The van der Waals surface area contributed by atoms with Crippen molar-refractivity contribution in [1.82, 2.24) is 10.2 Å². The summed E-state index contributed by atoms with van der Waals surface area (Å²) in [7, 11) is 1.76. The Balaban J connectivity index is 0.00000225.